The maximum atomic E-state index is 5.58. The zero-order valence-corrected chi connectivity index (χ0v) is 7.65. The van der Waals surface area contributed by atoms with Crippen LogP contribution in [0, 0.1) is 0 Å². The highest BCUT2D eigenvalue weighted by atomic mass is 79.9. The Morgan fingerprint density at radius 3 is 3.18 bits per heavy atom. The van der Waals surface area contributed by atoms with Crippen LogP contribution in [-0.4, -0.2) is 15.0 Å². The monoisotopic (exact) mass is 231 g/mol. The maximum absolute atomic E-state index is 5.58. The molecule has 2 heterocycles. The van der Waals surface area contributed by atoms with Crippen LogP contribution >= 0.6 is 27.5 Å². The van der Waals surface area contributed by atoms with Crippen molar-refractivity contribution in [3.63, 3.8) is 0 Å². The minimum Gasteiger partial charge on any atom is -0.347 e. The molecule has 3 nitrogen and oxygen atoms in total. The van der Waals surface area contributed by atoms with E-state index in [-0.39, 0.29) is 5.28 Å². The van der Waals surface area contributed by atoms with E-state index in [1.165, 1.54) is 0 Å². The number of hydrogen-bond acceptors (Lipinski definition) is 2. The number of halogens is 2. The summed E-state index contributed by atoms with van der Waals surface area (Å²) in [5.74, 6) is 0. The van der Waals surface area contributed by atoms with Crippen LogP contribution in [0.15, 0.2) is 16.9 Å². The average Bonchev–Trinajstić information content (AvgIpc) is 2.27. The van der Waals surface area contributed by atoms with E-state index in [9.17, 15) is 0 Å². The Balaban J connectivity index is 2.82. The molecule has 0 unspecified atom stereocenters. The van der Waals surface area contributed by atoms with E-state index < -0.39 is 0 Å². The number of aromatic amines is 1. The van der Waals surface area contributed by atoms with E-state index in [0.29, 0.717) is 0 Å². The van der Waals surface area contributed by atoms with Gasteiger partial charge in [-0.25, -0.2) is 9.97 Å². The van der Waals surface area contributed by atoms with Gasteiger partial charge in [0.1, 0.15) is 0 Å². The summed E-state index contributed by atoms with van der Waals surface area (Å²) in [6.45, 7) is 0. The highest BCUT2D eigenvalue weighted by Crippen LogP contribution is 2.17. The number of fused-ring (bicyclic) bond motifs is 1. The Morgan fingerprint density at radius 2 is 2.36 bits per heavy atom. The molecular formula is C6H3BrClN3. The molecule has 0 fully saturated rings. The van der Waals surface area contributed by atoms with Crippen molar-refractivity contribution in [1.29, 1.82) is 0 Å². The lowest BCUT2D eigenvalue weighted by atomic mass is 10.5. The maximum Gasteiger partial charge on any atom is 0.223 e. The van der Waals surface area contributed by atoms with Crippen molar-refractivity contribution in [3.8, 4) is 0 Å². The number of nitrogens with zero attached hydrogens (tertiary/aromatic N) is 2. The molecule has 11 heavy (non-hydrogen) atoms. The first-order chi connectivity index (χ1) is 5.25. The summed E-state index contributed by atoms with van der Waals surface area (Å²) in [4.78, 5) is 10.8. The lowest BCUT2D eigenvalue weighted by Crippen LogP contribution is -1.79. The normalized spacial score (nSPS) is 10.7. The lowest BCUT2D eigenvalue weighted by Gasteiger charge is -1.86. The molecule has 0 saturated carbocycles. The summed E-state index contributed by atoms with van der Waals surface area (Å²) in [6.07, 6.45) is 1.65. The van der Waals surface area contributed by atoms with Gasteiger partial charge in [-0.05, 0) is 33.6 Å². The minimum atomic E-state index is 0.268. The van der Waals surface area contributed by atoms with Crippen molar-refractivity contribution in [3.05, 3.63) is 22.1 Å². The van der Waals surface area contributed by atoms with Gasteiger partial charge in [0.05, 0.1) is 21.8 Å². The smallest absolute Gasteiger partial charge is 0.223 e. The molecular weight excluding hydrogens is 229 g/mol. The van der Waals surface area contributed by atoms with E-state index in [1.54, 1.807) is 6.20 Å². The Kier molecular flexibility index (Phi) is 1.58. The van der Waals surface area contributed by atoms with Gasteiger partial charge in [0.15, 0.2) is 0 Å². The quantitative estimate of drug-likeness (QED) is 0.709. The van der Waals surface area contributed by atoms with Gasteiger partial charge in [-0.15, -0.1) is 0 Å². The standard InChI is InChI=1S/C6H3BrClN3/c7-5-1-3-4(10-5)2-9-6(8)11-3/h1-2,10H. The fourth-order valence-corrected chi connectivity index (χ4v) is 1.43. The van der Waals surface area contributed by atoms with Crippen LogP contribution in [0.2, 0.25) is 5.28 Å². The number of aromatic nitrogens is 3. The van der Waals surface area contributed by atoms with Crippen LogP contribution in [0.1, 0.15) is 0 Å². The molecule has 0 saturated heterocycles. The molecule has 1 N–H and O–H groups in total. The number of rotatable bonds is 0. The Bertz CT molecular complexity index is 398. The lowest BCUT2D eigenvalue weighted by molar-refractivity contribution is 1.22. The molecule has 0 aliphatic carbocycles. The zero-order valence-electron chi connectivity index (χ0n) is 5.31. The highest BCUT2D eigenvalue weighted by molar-refractivity contribution is 9.10. The van der Waals surface area contributed by atoms with Crippen LogP contribution in [0.25, 0.3) is 11.0 Å². The van der Waals surface area contributed by atoms with E-state index >= 15 is 0 Å². The first-order valence-electron chi connectivity index (χ1n) is 2.92. The van der Waals surface area contributed by atoms with Crippen LogP contribution in [-0.2, 0) is 0 Å². The van der Waals surface area contributed by atoms with Crippen LogP contribution in [0.5, 0.6) is 0 Å². The minimum absolute atomic E-state index is 0.268. The van der Waals surface area contributed by atoms with Gasteiger partial charge in [0.25, 0.3) is 0 Å². The second-order valence-corrected chi connectivity index (χ2v) is 3.25. The van der Waals surface area contributed by atoms with Gasteiger partial charge in [0.2, 0.25) is 5.28 Å². The zero-order chi connectivity index (χ0) is 7.84. The van der Waals surface area contributed by atoms with Crippen molar-refractivity contribution in [2.24, 2.45) is 0 Å². The number of H-pyrrole nitrogens is 1. The highest BCUT2D eigenvalue weighted by Gasteiger charge is 1.99. The molecule has 0 amide bonds. The van der Waals surface area contributed by atoms with Crippen molar-refractivity contribution in [2.75, 3.05) is 0 Å². The summed E-state index contributed by atoms with van der Waals surface area (Å²) >= 11 is 8.86. The molecule has 2 aromatic rings. The molecule has 0 bridgehead atoms. The first-order valence-corrected chi connectivity index (χ1v) is 4.09. The van der Waals surface area contributed by atoms with Crippen molar-refractivity contribution in [1.82, 2.24) is 15.0 Å². The Morgan fingerprint density at radius 1 is 1.55 bits per heavy atom. The van der Waals surface area contributed by atoms with Gasteiger partial charge in [-0.1, -0.05) is 0 Å². The van der Waals surface area contributed by atoms with Crippen molar-refractivity contribution < 1.29 is 0 Å². The molecule has 0 radical (unpaired) electrons. The van der Waals surface area contributed by atoms with Gasteiger partial charge >= 0.3 is 0 Å². The van der Waals surface area contributed by atoms with Crippen molar-refractivity contribution in [2.45, 2.75) is 0 Å². The molecule has 0 atom stereocenters. The van der Waals surface area contributed by atoms with E-state index in [2.05, 4.69) is 30.9 Å². The first kappa shape index (κ1) is 7.06. The Labute approximate surface area is 75.9 Å². The van der Waals surface area contributed by atoms with Crippen LogP contribution < -0.4 is 0 Å². The fourth-order valence-electron chi connectivity index (χ4n) is 0.864. The van der Waals surface area contributed by atoms with Gasteiger partial charge < -0.3 is 4.98 Å². The molecule has 2 aromatic heterocycles. The van der Waals surface area contributed by atoms with E-state index in [4.69, 9.17) is 11.6 Å². The molecule has 0 aliphatic heterocycles. The molecule has 5 heteroatoms. The van der Waals surface area contributed by atoms with Gasteiger partial charge in [-0.2, -0.15) is 0 Å². The SMILES string of the molecule is Clc1ncc2[nH]c(Br)cc2n1. The summed E-state index contributed by atoms with van der Waals surface area (Å²) in [6, 6.07) is 1.85. The number of nitrogens with one attached hydrogen (secondary N) is 1. The molecule has 0 aromatic carbocycles. The molecule has 0 spiro atoms. The largest absolute Gasteiger partial charge is 0.347 e. The average molecular weight is 232 g/mol. The molecule has 2 rings (SSSR count). The Hall–Kier alpha value is -0.610. The fraction of sp³-hybridized carbons (Fsp3) is 0. The van der Waals surface area contributed by atoms with Crippen LogP contribution in [0.3, 0.4) is 0 Å². The van der Waals surface area contributed by atoms with Crippen molar-refractivity contribution >= 4 is 38.6 Å². The third-order valence-corrected chi connectivity index (χ3v) is 1.92. The van der Waals surface area contributed by atoms with Gasteiger partial charge in [-0.3, -0.25) is 0 Å². The summed E-state index contributed by atoms with van der Waals surface area (Å²) < 4.78 is 0.879. The third kappa shape index (κ3) is 1.23. The predicted molar refractivity (Wildman–Crippen MR) is 46.6 cm³/mol. The molecule has 56 valence electrons. The summed E-state index contributed by atoms with van der Waals surface area (Å²) in [5, 5.41) is 0.268. The van der Waals surface area contributed by atoms with Gasteiger partial charge in [0, 0.05) is 0 Å². The number of hydrogen-bond donors (Lipinski definition) is 1. The summed E-state index contributed by atoms with van der Waals surface area (Å²) in [7, 11) is 0. The van der Waals surface area contributed by atoms with E-state index in [0.717, 1.165) is 15.6 Å². The predicted octanol–water partition coefficient (Wildman–Crippen LogP) is 2.37. The topological polar surface area (TPSA) is 41.6 Å². The molecule has 0 aliphatic rings. The van der Waals surface area contributed by atoms with E-state index in [1.807, 2.05) is 6.07 Å². The second kappa shape index (κ2) is 2.46. The second-order valence-electron chi connectivity index (χ2n) is 2.06. The van der Waals surface area contributed by atoms with Crippen LogP contribution in [0.4, 0.5) is 0 Å². The third-order valence-electron chi connectivity index (χ3n) is 1.31. The summed E-state index contributed by atoms with van der Waals surface area (Å²) in [5.41, 5.74) is 1.69.